The van der Waals surface area contributed by atoms with Gasteiger partial charge in [-0.15, -0.1) is 0 Å². The van der Waals surface area contributed by atoms with Gasteiger partial charge in [-0.2, -0.15) is 0 Å². The SMILES string of the molecule is CC/C=C\C/C=C\C/C=C\C/C=C\C/C=C\CCCC(=O)OCC(COP(=O)(O)OCC(O)COP(=O)(O)OCC(COC(=O)CCCCCCCCCCCCC)OC(=O)CCCCCCCCCCCCC)OC(=O)CCCCCCCCCCCCCCC. The smallest absolute Gasteiger partial charge is 0.462 e. The van der Waals surface area contributed by atoms with E-state index in [2.05, 4.69) is 76.3 Å². The summed E-state index contributed by atoms with van der Waals surface area (Å²) in [5, 5.41) is 10.6. The molecule has 0 amide bonds. The van der Waals surface area contributed by atoms with Crippen molar-refractivity contribution in [1.29, 1.82) is 0 Å². The lowest BCUT2D eigenvalue weighted by atomic mass is 10.0. The summed E-state index contributed by atoms with van der Waals surface area (Å²) < 4.78 is 68.2. The Morgan fingerprint density at radius 1 is 0.315 bits per heavy atom. The van der Waals surface area contributed by atoms with Crippen LogP contribution in [0.15, 0.2) is 60.8 Å². The van der Waals surface area contributed by atoms with Crippen LogP contribution in [0.3, 0.4) is 0 Å². The minimum atomic E-state index is -4.97. The molecule has 0 saturated heterocycles. The van der Waals surface area contributed by atoms with Gasteiger partial charge in [-0.05, 0) is 64.2 Å². The summed E-state index contributed by atoms with van der Waals surface area (Å²) in [5.41, 5.74) is 0. The van der Waals surface area contributed by atoms with E-state index >= 15 is 0 Å². The van der Waals surface area contributed by atoms with Crippen molar-refractivity contribution < 1.29 is 80.2 Å². The third kappa shape index (κ3) is 65.4. The van der Waals surface area contributed by atoms with Crippen LogP contribution in [0.5, 0.6) is 0 Å². The standard InChI is InChI=1S/C73H132O17P2/c1-5-9-13-17-21-25-29-31-32-33-34-36-39-42-46-50-54-58-71(76)84-64-69(90-73(78)60-56-52-48-44-40-35-30-26-22-18-14-10-6-2)66-88-92(81,82)86-62-67(74)61-85-91(79,80)87-65-68(89-72(77)59-55-51-47-43-38-28-24-20-16-12-8-4)63-83-70(75)57-53-49-45-41-37-27-23-19-15-11-7-3/h9,13,21,25,31-32,34,36,42,46,67-69,74H,5-8,10-12,14-20,22-24,26-30,33,35,37-41,43-45,47-66H2,1-4H3,(H,79,80)(H,81,82)/b13-9-,25-21-,32-31-,36-34-,46-42-. The van der Waals surface area contributed by atoms with E-state index < -0.39 is 97.5 Å². The molecule has 17 nitrogen and oxygen atoms in total. The van der Waals surface area contributed by atoms with Crippen molar-refractivity contribution in [3.63, 3.8) is 0 Å². The summed E-state index contributed by atoms with van der Waals surface area (Å²) in [6.45, 7) is 4.71. The zero-order chi connectivity index (χ0) is 67.5. The molecule has 92 heavy (non-hydrogen) atoms. The number of phosphoric ester groups is 2. The zero-order valence-corrected chi connectivity index (χ0v) is 60.0. The summed E-state index contributed by atoms with van der Waals surface area (Å²) in [6.07, 6.45) is 62.4. The van der Waals surface area contributed by atoms with Crippen LogP contribution in [0.2, 0.25) is 0 Å². The highest BCUT2D eigenvalue weighted by atomic mass is 31.2. The number of hydrogen-bond acceptors (Lipinski definition) is 15. The van der Waals surface area contributed by atoms with Crippen molar-refractivity contribution in [2.45, 2.75) is 341 Å². The van der Waals surface area contributed by atoms with Gasteiger partial charge in [0.25, 0.3) is 0 Å². The van der Waals surface area contributed by atoms with Gasteiger partial charge in [0.1, 0.15) is 19.3 Å². The summed E-state index contributed by atoms with van der Waals surface area (Å²) in [7, 11) is -9.93. The number of aliphatic hydroxyl groups is 1. The number of aliphatic hydroxyl groups excluding tert-OH is 1. The molecule has 0 saturated carbocycles. The van der Waals surface area contributed by atoms with Gasteiger partial charge in [-0.25, -0.2) is 9.13 Å². The quantitative estimate of drug-likeness (QED) is 0.0169. The Morgan fingerprint density at radius 2 is 0.565 bits per heavy atom. The average molecular weight is 1340 g/mol. The number of hydrogen-bond donors (Lipinski definition) is 3. The van der Waals surface area contributed by atoms with Crippen molar-refractivity contribution in [3.8, 4) is 0 Å². The van der Waals surface area contributed by atoms with Crippen LogP contribution in [0.1, 0.15) is 323 Å². The molecular formula is C73H132O17P2. The summed E-state index contributed by atoms with van der Waals surface area (Å²) in [4.78, 5) is 72.5. The van der Waals surface area contributed by atoms with Gasteiger partial charge in [-0.1, -0.05) is 294 Å². The third-order valence-electron chi connectivity index (χ3n) is 15.5. The molecule has 5 atom stereocenters. The van der Waals surface area contributed by atoms with Gasteiger partial charge in [0.2, 0.25) is 0 Å². The molecule has 5 unspecified atom stereocenters. The predicted octanol–water partition coefficient (Wildman–Crippen LogP) is 20.3. The van der Waals surface area contributed by atoms with E-state index in [0.29, 0.717) is 32.1 Å². The normalized spacial score (nSPS) is 14.4. The van der Waals surface area contributed by atoms with Crippen LogP contribution in [0.25, 0.3) is 0 Å². The van der Waals surface area contributed by atoms with E-state index in [4.69, 9.17) is 37.0 Å². The molecule has 0 fully saturated rings. The monoisotopic (exact) mass is 1340 g/mol. The van der Waals surface area contributed by atoms with Crippen molar-refractivity contribution in [2.24, 2.45) is 0 Å². The second-order valence-electron chi connectivity index (χ2n) is 24.5. The first-order valence-electron chi connectivity index (χ1n) is 36.5. The topological polar surface area (TPSA) is 237 Å². The lowest BCUT2D eigenvalue weighted by Gasteiger charge is -2.21. The third-order valence-corrected chi connectivity index (χ3v) is 17.4. The van der Waals surface area contributed by atoms with Gasteiger partial charge >= 0.3 is 39.5 Å². The second-order valence-corrected chi connectivity index (χ2v) is 27.4. The Bertz CT molecular complexity index is 1990. The van der Waals surface area contributed by atoms with E-state index in [1.807, 2.05) is 12.2 Å². The van der Waals surface area contributed by atoms with E-state index in [9.17, 15) is 43.2 Å². The Kier molecular flexibility index (Phi) is 64.0. The van der Waals surface area contributed by atoms with Gasteiger partial charge in [0.05, 0.1) is 26.4 Å². The highest BCUT2D eigenvalue weighted by molar-refractivity contribution is 7.47. The zero-order valence-electron chi connectivity index (χ0n) is 58.2. The Balaban J connectivity index is 5.33. The van der Waals surface area contributed by atoms with Crippen LogP contribution in [-0.4, -0.2) is 96.7 Å². The van der Waals surface area contributed by atoms with Gasteiger partial charge in [-0.3, -0.25) is 37.3 Å². The van der Waals surface area contributed by atoms with Crippen LogP contribution >= 0.6 is 15.6 Å². The van der Waals surface area contributed by atoms with E-state index in [-0.39, 0.29) is 25.7 Å². The predicted molar refractivity (Wildman–Crippen MR) is 372 cm³/mol. The van der Waals surface area contributed by atoms with Crippen LogP contribution < -0.4 is 0 Å². The van der Waals surface area contributed by atoms with Gasteiger partial charge < -0.3 is 33.8 Å². The molecule has 0 aliphatic heterocycles. The summed E-state index contributed by atoms with van der Waals surface area (Å²) in [5.74, 6) is -2.21. The second kappa shape index (κ2) is 66.4. The van der Waals surface area contributed by atoms with Crippen molar-refractivity contribution in [1.82, 2.24) is 0 Å². The number of carbonyl (C=O) groups is 4. The molecule has 0 rings (SSSR count). The lowest BCUT2D eigenvalue weighted by Crippen LogP contribution is -2.30. The van der Waals surface area contributed by atoms with Gasteiger partial charge in [0, 0.05) is 25.7 Å². The molecule has 3 N–H and O–H groups in total. The molecule has 19 heteroatoms. The molecule has 0 aromatic carbocycles. The number of phosphoric acid groups is 2. The molecule has 0 heterocycles. The number of allylic oxidation sites excluding steroid dienone is 10. The van der Waals surface area contributed by atoms with Crippen molar-refractivity contribution in [2.75, 3.05) is 39.6 Å². The molecule has 0 radical (unpaired) electrons. The highest BCUT2D eigenvalue weighted by Crippen LogP contribution is 2.45. The average Bonchev–Trinajstić information content (AvgIpc) is 2.89. The molecule has 0 aromatic heterocycles. The van der Waals surface area contributed by atoms with E-state index in [1.54, 1.807) is 0 Å². The molecule has 0 aliphatic rings. The molecule has 0 spiro atoms. The molecular weight excluding hydrogens is 1210 g/mol. The minimum absolute atomic E-state index is 0.0880. The van der Waals surface area contributed by atoms with E-state index in [1.165, 1.54) is 135 Å². The summed E-state index contributed by atoms with van der Waals surface area (Å²) in [6, 6.07) is 0. The van der Waals surface area contributed by atoms with Crippen molar-refractivity contribution in [3.05, 3.63) is 60.8 Å². The van der Waals surface area contributed by atoms with E-state index in [0.717, 1.165) is 103 Å². The summed E-state index contributed by atoms with van der Waals surface area (Å²) >= 11 is 0. The fraction of sp³-hybridized carbons (Fsp3) is 0.808. The van der Waals surface area contributed by atoms with Crippen LogP contribution in [-0.2, 0) is 65.4 Å². The maximum atomic E-state index is 13.0. The first-order chi connectivity index (χ1) is 44.7. The largest absolute Gasteiger partial charge is 0.472 e. The first-order valence-corrected chi connectivity index (χ1v) is 39.5. The number of carbonyl (C=O) groups excluding carboxylic acids is 4. The Hall–Kier alpha value is -3.24. The van der Waals surface area contributed by atoms with Crippen molar-refractivity contribution >= 4 is 39.5 Å². The lowest BCUT2D eigenvalue weighted by molar-refractivity contribution is -0.161. The first kappa shape index (κ1) is 88.8. The van der Waals surface area contributed by atoms with Gasteiger partial charge in [0.15, 0.2) is 12.2 Å². The molecule has 0 aromatic rings. The number of rotatable bonds is 69. The Morgan fingerprint density at radius 3 is 0.870 bits per heavy atom. The van der Waals surface area contributed by atoms with Crippen LogP contribution in [0, 0.1) is 0 Å². The highest BCUT2D eigenvalue weighted by Gasteiger charge is 2.30. The molecule has 0 aliphatic carbocycles. The fourth-order valence-electron chi connectivity index (χ4n) is 9.96. The minimum Gasteiger partial charge on any atom is -0.462 e. The maximum absolute atomic E-state index is 13.0. The number of unbranched alkanes of at least 4 members (excludes halogenated alkanes) is 33. The van der Waals surface area contributed by atoms with Crippen LogP contribution in [0.4, 0.5) is 0 Å². The maximum Gasteiger partial charge on any atom is 0.472 e. The molecule has 0 bridgehead atoms. The number of ether oxygens (including phenoxy) is 4. The fourth-order valence-corrected chi connectivity index (χ4v) is 11.5. The number of esters is 4. The Labute approximate surface area is 559 Å². The molecule has 536 valence electrons.